The Morgan fingerprint density at radius 3 is 2.42 bits per heavy atom. The van der Waals surface area contributed by atoms with Gasteiger partial charge in [-0.15, -0.1) is 0 Å². The molecule has 31 heavy (non-hydrogen) atoms. The van der Waals surface area contributed by atoms with Gasteiger partial charge in [0.1, 0.15) is 0 Å². The van der Waals surface area contributed by atoms with Crippen LogP contribution in [0.15, 0.2) is 59.5 Å². The highest BCUT2D eigenvalue weighted by Gasteiger charge is 2.27. The van der Waals surface area contributed by atoms with Crippen molar-refractivity contribution in [3.05, 3.63) is 60.2 Å². The number of sulfonamides is 1. The number of anilines is 1. The highest BCUT2D eigenvalue weighted by molar-refractivity contribution is 7.89. The first-order valence-electron chi connectivity index (χ1n) is 10.8. The van der Waals surface area contributed by atoms with E-state index in [2.05, 4.69) is 22.3 Å². The van der Waals surface area contributed by atoms with Crippen molar-refractivity contribution in [3.63, 3.8) is 0 Å². The summed E-state index contributed by atoms with van der Waals surface area (Å²) in [5.41, 5.74) is 1.87. The van der Waals surface area contributed by atoms with E-state index in [1.54, 1.807) is 24.3 Å². The number of amides is 1. The standard InChI is InChI=1S/C23H29N3O4S/c27-23(20-7-4-12-25(18-20)17-19-5-2-1-3-6-19)24-21-8-10-22(11-9-21)31(28,29)26-13-15-30-16-14-26/h1-3,5-6,8-11,20H,4,7,12-18H2,(H,24,27). The van der Waals surface area contributed by atoms with Gasteiger partial charge in [0.05, 0.1) is 24.0 Å². The number of nitrogens with one attached hydrogen (secondary N) is 1. The lowest BCUT2D eigenvalue weighted by Gasteiger charge is -2.32. The van der Waals surface area contributed by atoms with Crippen molar-refractivity contribution in [2.75, 3.05) is 44.7 Å². The molecule has 0 aromatic heterocycles. The molecular formula is C23H29N3O4S. The Hall–Kier alpha value is -2.26. The van der Waals surface area contributed by atoms with Crippen LogP contribution in [0.3, 0.4) is 0 Å². The fourth-order valence-electron chi connectivity index (χ4n) is 4.15. The number of benzene rings is 2. The van der Waals surface area contributed by atoms with Crippen molar-refractivity contribution in [1.82, 2.24) is 9.21 Å². The molecule has 1 N–H and O–H groups in total. The minimum absolute atomic E-state index is 0.0125. The summed E-state index contributed by atoms with van der Waals surface area (Å²) < 4.78 is 32.1. The van der Waals surface area contributed by atoms with E-state index >= 15 is 0 Å². The molecule has 1 atom stereocenters. The third-order valence-corrected chi connectivity index (χ3v) is 7.77. The van der Waals surface area contributed by atoms with Crippen molar-refractivity contribution in [3.8, 4) is 0 Å². The lowest BCUT2D eigenvalue weighted by Crippen LogP contribution is -2.40. The van der Waals surface area contributed by atoms with Gasteiger partial charge in [-0.05, 0) is 49.2 Å². The lowest BCUT2D eigenvalue weighted by molar-refractivity contribution is -0.121. The van der Waals surface area contributed by atoms with Crippen molar-refractivity contribution in [1.29, 1.82) is 0 Å². The monoisotopic (exact) mass is 443 g/mol. The normalized spacial score (nSPS) is 21.0. The van der Waals surface area contributed by atoms with Gasteiger partial charge in [0.15, 0.2) is 0 Å². The molecule has 0 bridgehead atoms. The van der Waals surface area contributed by atoms with Crippen molar-refractivity contribution in [2.24, 2.45) is 5.92 Å². The van der Waals surface area contributed by atoms with Crippen LogP contribution in [-0.4, -0.2) is 62.9 Å². The number of ether oxygens (including phenoxy) is 1. The van der Waals surface area contributed by atoms with Crippen LogP contribution in [0.25, 0.3) is 0 Å². The molecule has 2 aliphatic rings. The molecule has 0 aliphatic carbocycles. The number of hydrogen-bond donors (Lipinski definition) is 1. The molecule has 7 nitrogen and oxygen atoms in total. The van der Waals surface area contributed by atoms with Crippen LogP contribution in [0, 0.1) is 5.92 Å². The maximum Gasteiger partial charge on any atom is 0.243 e. The number of morpholine rings is 1. The summed E-state index contributed by atoms with van der Waals surface area (Å²) in [7, 11) is -3.53. The van der Waals surface area contributed by atoms with Gasteiger partial charge in [0, 0.05) is 31.9 Å². The summed E-state index contributed by atoms with van der Waals surface area (Å²) in [6.07, 6.45) is 1.85. The third kappa shape index (κ3) is 5.51. The van der Waals surface area contributed by atoms with E-state index in [1.165, 1.54) is 9.87 Å². The highest BCUT2D eigenvalue weighted by atomic mass is 32.2. The Morgan fingerprint density at radius 1 is 1.00 bits per heavy atom. The number of piperidine rings is 1. The summed E-state index contributed by atoms with van der Waals surface area (Å²) in [6.45, 7) is 4.12. The molecule has 1 unspecified atom stereocenters. The first kappa shape index (κ1) is 22.0. The van der Waals surface area contributed by atoms with Crippen LogP contribution in [0.5, 0.6) is 0 Å². The SMILES string of the molecule is O=C(Nc1ccc(S(=O)(=O)N2CCOCC2)cc1)C1CCCN(Cc2ccccc2)C1. The first-order chi connectivity index (χ1) is 15.0. The topological polar surface area (TPSA) is 79.0 Å². The average molecular weight is 444 g/mol. The van der Waals surface area contributed by atoms with Crippen molar-refractivity contribution in [2.45, 2.75) is 24.3 Å². The van der Waals surface area contributed by atoms with E-state index in [-0.39, 0.29) is 16.7 Å². The fourth-order valence-corrected chi connectivity index (χ4v) is 5.55. The predicted octanol–water partition coefficient (Wildman–Crippen LogP) is 2.56. The van der Waals surface area contributed by atoms with E-state index < -0.39 is 10.0 Å². The zero-order valence-electron chi connectivity index (χ0n) is 17.6. The maximum atomic E-state index is 12.8. The molecule has 1 amide bonds. The quantitative estimate of drug-likeness (QED) is 0.742. The van der Waals surface area contributed by atoms with Gasteiger partial charge in [-0.25, -0.2) is 8.42 Å². The Bertz CT molecular complexity index is 974. The highest BCUT2D eigenvalue weighted by Crippen LogP contribution is 2.22. The van der Waals surface area contributed by atoms with Gasteiger partial charge >= 0.3 is 0 Å². The van der Waals surface area contributed by atoms with Crippen LogP contribution in [0.1, 0.15) is 18.4 Å². The number of carbonyl (C=O) groups is 1. The number of likely N-dealkylation sites (tertiary alicyclic amines) is 1. The minimum Gasteiger partial charge on any atom is -0.379 e. The van der Waals surface area contributed by atoms with Gasteiger partial charge in [-0.1, -0.05) is 30.3 Å². The van der Waals surface area contributed by atoms with Crippen LogP contribution in [0.4, 0.5) is 5.69 Å². The van der Waals surface area contributed by atoms with Crippen LogP contribution < -0.4 is 5.32 Å². The molecule has 2 fully saturated rings. The molecule has 2 aromatic carbocycles. The Labute approximate surface area is 184 Å². The fraction of sp³-hybridized carbons (Fsp3) is 0.435. The molecule has 2 aliphatic heterocycles. The van der Waals surface area contributed by atoms with Crippen molar-refractivity contribution >= 4 is 21.6 Å². The average Bonchev–Trinajstić information content (AvgIpc) is 2.81. The van der Waals surface area contributed by atoms with Gasteiger partial charge < -0.3 is 10.1 Å². The smallest absolute Gasteiger partial charge is 0.243 e. The summed E-state index contributed by atoms with van der Waals surface area (Å²) in [5.74, 6) is -0.0873. The van der Waals surface area contributed by atoms with E-state index in [0.717, 1.165) is 32.5 Å². The zero-order chi connectivity index (χ0) is 21.7. The molecule has 8 heteroatoms. The summed E-state index contributed by atoms with van der Waals surface area (Å²) in [5, 5.41) is 2.96. The molecule has 0 saturated carbocycles. The Balaban J connectivity index is 1.35. The molecule has 2 aromatic rings. The van der Waals surface area contributed by atoms with Gasteiger partial charge in [0.25, 0.3) is 0 Å². The summed E-state index contributed by atoms with van der Waals surface area (Å²) in [6, 6.07) is 16.7. The Morgan fingerprint density at radius 2 is 1.71 bits per heavy atom. The maximum absolute atomic E-state index is 12.8. The largest absolute Gasteiger partial charge is 0.379 e. The molecule has 2 heterocycles. The predicted molar refractivity (Wildman–Crippen MR) is 119 cm³/mol. The second kappa shape index (κ2) is 9.91. The third-order valence-electron chi connectivity index (χ3n) is 5.85. The molecule has 0 spiro atoms. The minimum atomic E-state index is -3.53. The molecule has 4 rings (SSSR count). The second-order valence-corrected chi connectivity index (χ2v) is 10.0. The van der Waals surface area contributed by atoms with Crippen molar-refractivity contribution < 1.29 is 17.9 Å². The van der Waals surface area contributed by atoms with E-state index in [1.807, 2.05) is 18.2 Å². The second-order valence-electron chi connectivity index (χ2n) is 8.09. The molecule has 166 valence electrons. The van der Waals surface area contributed by atoms with Crippen LogP contribution >= 0.6 is 0 Å². The molecular weight excluding hydrogens is 414 g/mol. The van der Waals surface area contributed by atoms with Gasteiger partial charge in [0.2, 0.25) is 15.9 Å². The van der Waals surface area contributed by atoms with Crippen LogP contribution in [-0.2, 0) is 26.1 Å². The van der Waals surface area contributed by atoms with Gasteiger partial charge in [-0.2, -0.15) is 4.31 Å². The first-order valence-corrected chi connectivity index (χ1v) is 12.2. The van der Waals surface area contributed by atoms with E-state index in [4.69, 9.17) is 4.74 Å². The Kier molecular flexibility index (Phi) is 7.02. The summed E-state index contributed by atoms with van der Waals surface area (Å²) in [4.78, 5) is 15.4. The molecule has 0 radical (unpaired) electrons. The number of rotatable bonds is 6. The number of hydrogen-bond acceptors (Lipinski definition) is 5. The molecule has 2 saturated heterocycles. The van der Waals surface area contributed by atoms with Gasteiger partial charge in [-0.3, -0.25) is 9.69 Å². The van der Waals surface area contributed by atoms with Crippen LogP contribution in [0.2, 0.25) is 0 Å². The number of carbonyl (C=O) groups excluding carboxylic acids is 1. The summed E-state index contributed by atoms with van der Waals surface area (Å²) >= 11 is 0. The zero-order valence-corrected chi connectivity index (χ0v) is 18.4. The number of nitrogens with zero attached hydrogens (tertiary/aromatic N) is 2. The van der Waals surface area contributed by atoms with E-state index in [0.29, 0.717) is 32.0 Å². The lowest BCUT2D eigenvalue weighted by atomic mass is 9.96. The van der Waals surface area contributed by atoms with E-state index in [9.17, 15) is 13.2 Å².